The first-order chi connectivity index (χ1) is 9.79. The Morgan fingerprint density at radius 2 is 1.81 bits per heavy atom. The summed E-state index contributed by atoms with van der Waals surface area (Å²) in [5.74, 6) is 1.58. The normalized spacial score (nSPS) is 12.0. The van der Waals surface area contributed by atoms with E-state index in [0.29, 0.717) is 5.92 Å². The van der Waals surface area contributed by atoms with E-state index in [0.717, 1.165) is 25.3 Å². The Bertz CT molecular complexity index is 418. The molecule has 2 nitrogen and oxygen atoms in total. The van der Waals surface area contributed by atoms with E-state index in [1.807, 2.05) is 0 Å². The Morgan fingerprint density at radius 1 is 1.10 bits per heavy atom. The van der Waals surface area contributed by atoms with Crippen LogP contribution in [0.25, 0.3) is 0 Å². The van der Waals surface area contributed by atoms with Gasteiger partial charge in [-0.1, -0.05) is 26.0 Å². The maximum atomic E-state index is 6.01. The molecule has 0 aromatic heterocycles. The molecule has 0 aliphatic heterocycles. The summed E-state index contributed by atoms with van der Waals surface area (Å²) in [6, 6.07) is 6.53. The third-order valence-corrected chi connectivity index (χ3v) is 3.53. The molecule has 21 heavy (non-hydrogen) atoms. The molecule has 0 aliphatic rings. The van der Waals surface area contributed by atoms with Gasteiger partial charge >= 0.3 is 0 Å². The van der Waals surface area contributed by atoms with Gasteiger partial charge in [0.2, 0.25) is 0 Å². The minimum absolute atomic E-state index is 0.226. The molecular weight excluding hydrogens is 258 g/mol. The first-order valence-electron chi connectivity index (χ1n) is 8.28. The fraction of sp³-hybridized carbons (Fsp3) is 0.684. The monoisotopic (exact) mass is 291 g/mol. The number of benzene rings is 1. The highest BCUT2D eigenvalue weighted by Gasteiger charge is 2.08. The van der Waals surface area contributed by atoms with Crippen molar-refractivity contribution in [2.45, 2.75) is 72.3 Å². The van der Waals surface area contributed by atoms with Gasteiger partial charge in [-0.05, 0) is 76.6 Å². The van der Waals surface area contributed by atoms with Gasteiger partial charge in [0, 0.05) is 5.54 Å². The van der Waals surface area contributed by atoms with Gasteiger partial charge < -0.3 is 10.1 Å². The van der Waals surface area contributed by atoms with Crippen LogP contribution in [0.1, 0.15) is 70.9 Å². The van der Waals surface area contributed by atoms with Crippen LogP contribution in [0, 0.1) is 6.92 Å². The predicted molar refractivity (Wildman–Crippen MR) is 92.4 cm³/mol. The van der Waals surface area contributed by atoms with Crippen LogP contribution in [0.4, 0.5) is 0 Å². The average Bonchev–Trinajstić information content (AvgIpc) is 2.36. The molecule has 0 fully saturated rings. The van der Waals surface area contributed by atoms with Gasteiger partial charge in [0.1, 0.15) is 5.75 Å². The molecule has 1 N–H and O–H groups in total. The highest BCUT2D eigenvalue weighted by molar-refractivity contribution is 5.39. The molecular formula is C19H33NO. The zero-order valence-electron chi connectivity index (χ0n) is 14.8. The van der Waals surface area contributed by atoms with E-state index in [9.17, 15) is 0 Å². The fourth-order valence-electron chi connectivity index (χ4n) is 2.29. The Labute approximate surface area is 131 Å². The van der Waals surface area contributed by atoms with E-state index in [-0.39, 0.29) is 5.54 Å². The van der Waals surface area contributed by atoms with Crippen molar-refractivity contribution in [1.82, 2.24) is 5.32 Å². The van der Waals surface area contributed by atoms with E-state index in [4.69, 9.17) is 4.74 Å². The third kappa shape index (κ3) is 7.52. The van der Waals surface area contributed by atoms with Gasteiger partial charge in [0.15, 0.2) is 0 Å². The molecule has 0 saturated carbocycles. The Kier molecular flexibility index (Phi) is 7.24. The molecule has 1 rings (SSSR count). The van der Waals surface area contributed by atoms with Crippen molar-refractivity contribution in [1.29, 1.82) is 0 Å². The first kappa shape index (κ1) is 18.0. The lowest BCUT2D eigenvalue weighted by Gasteiger charge is -2.20. The maximum absolute atomic E-state index is 6.01. The summed E-state index contributed by atoms with van der Waals surface area (Å²) in [7, 11) is 0. The largest absolute Gasteiger partial charge is 0.493 e. The molecule has 0 spiro atoms. The average molecular weight is 291 g/mol. The summed E-state index contributed by atoms with van der Waals surface area (Å²) in [5.41, 5.74) is 2.81. The molecule has 1 aromatic rings. The summed E-state index contributed by atoms with van der Waals surface area (Å²) in [6.07, 6.45) is 3.55. The lowest BCUT2D eigenvalue weighted by molar-refractivity contribution is 0.299. The highest BCUT2D eigenvalue weighted by atomic mass is 16.5. The molecule has 0 unspecified atom stereocenters. The van der Waals surface area contributed by atoms with Gasteiger partial charge in [-0.3, -0.25) is 0 Å². The van der Waals surface area contributed by atoms with E-state index in [2.05, 4.69) is 65.1 Å². The molecule has 120 valence electrons. The molecule has 2 heteroatoms. The van der Waals surface area contributed by atoms with Crippen LogP contribution in [0.5, 0.6) is 5.75 Å². The first-order valence-corrected chi connectivity index (χ1v) is 8.28. The van der Waals surface area contributed by atoms with Crippen molar-refractivity contribution in [3.8, 4) is 5.75 Å². The summed E-state index contributed by atoms with van der Waals surface area (Å²) in [5, 5.41) is 3.52. The Hall–Kier alpha value is -1.02. The Balaban J connectivity index is 2.28. The van der Waals surface area contributed by atoms with Gasteiger partial charge in [-0.2, -0.15) is 0 Å². The fourth-order valence-corrected chi connectivity index (χ4v) is 2.29. The summed E-state index contributed by atoms with van der Waals surface area (Å²) in [4.78, 5) is 0. The van der Waals surface area contributed by atoms with Gasteiger partial charge in [-0.25, -0.2) is 0 Å². The molecule has 0 bridgehead atoms. The van der Waals surface area contributed by atoms with Crippen molar-refractivity contribution < 1.29 is 4.74 Å². The molecule has 0 saturated heterocycles. The van der Waals surface area contributed by atoms with Crippen LogP contribution in [-0.4, -0.2) is 18.7 Å². The van der Waals surface area contributed by atoms with Crippen LogP contribution in [-0.2, 0) is 0 Å². The summed E-state index contributed by atoms with van der Waals surface area (Å²) in [6.45, 7) is 15.1. The third-order valence-electron chi connectivity index (χ3n) is 3.53. The standard InChI is InChI=1S/C19H33NO/c1-15(2)17-11-10-16(3)14-18(17)21-13-9-7-8-12-20-19(4,5)6/h10-11,14-15,20H,7-9,12-13H2,1-6H3. The number of nitrogens with one attached hydrogen (secondary N) is 1. The van der Waals surface area contributed by atoms with Crippen LogP contribution in [0.15, 0.2) is 18.2 Å². The molecule has 0 amide bonds. The minimum atomic E-state index is 0.226. The van der Waals surface area contributed by atoms with E-state index < -0.39 is 0 Å². The van der Waals surface area contributed by atoms with Crippen LogP contribution < -0.4 is 10.1 Å². The summed E-state index contributed by atoms with van der Waals surface area (Å²) >= 11 is 0. The van der Waals surface area contributed by atoms with Crippen molar-refractivity contribution in [3.63, 3.8) is 0 Å². The van der Waals surface area contributed by atoms with Crippen molar-refractivity contribution in [2.75, 3.05) is 13.2 Å². The smallest absolute Gasteiger partial charge is 0.122 e. The molecule has 0 aliphatic carbocycles. The van der Waals surface area contributed by atoms with Crippen molar-refractivity contribution in [3.05, 3.63) is 29.3 Å². The van der Waals surface area contributed by atoms with Crippen LogP contribution in [0.3, 0.4) is 0 Å². The lowest BCUT2D eigenvalue weighted by atomic mass is 10.0. The number of aryl methyl sites for hydroxylation is 1. The van der Waals surface area contributed by atoms with Crippen LogP contribution >= 0.6 is 0 Å². The van der Waals surface area contributed by atoms with Crippen molar-refractivity contribution in [2.24, 2.45) is 0 Å². The minimum Gasteiger partial charge on any atom is -0.493 e. The highest BCUT2D eigenvalue weighted by Crippen LogP contribution is 2.27. The maximum Gasteiger partial charge on any atom is 0.122 e. The molecule has 0 atom stereocenters. The van der Waals surface area contributed by atoms with E-state index in [1.165, 1.54) is 24.0 Å². The predicted octanol–water partition coefficient (Wildman–Crippen LogP) is 5.06. The zero-order valence-corrected chi connectivity index (χ0v) is 14.8. The van der Waals surface area contributed by atoms with Crippen LogP contribution in [0.2, 0.25) is 0 Å². The van der Waals surface area contributed by atoms with E-state index in [1.54, 1.807) is 0 Å². The second-order valence-electron chi connectivity index (χ2n) is 7.28. The second-order valence-corrected chi connectivity index (χ2v) is 7.28. The quantitative estimate of drug-likeness (QED) is 0.676. The summed E-state index contributed by atoms with van der Waals surface area (Å²) < 4.78 is 6.01. The topological polar surface area (TPSA) is 21.3 Å². The second kappa shape index (κ2) is 8.43. The van der Waals surface area contributed by atoms with Gasteiger partial charge in [0.25, 0.3) is 0 Å². The molecule has 1 aromatic carbocycles. The molecule has 0 radical (unpaired) electrons. The van der Waals surface area contributed by atoms with E-state index >= 15 is 0 Å². The zero-order chi connectivity index (χ0) is 15.9. The number of hydrogen-bond donors (Lipinski definition) is 1. The lowest BCUT2D eigenvalue weighted by Crippen LogP contribution is -2.36. The van der Waals surface area contributed by atoms with Gasteiger partial charge in [-0.15, -0.1) is 0 Å². The number of rotatable bonds is 8. The number of ether oxygens (including phenoxy) is 1. The Morgan fingerprint density at radius 3 is 2.43 bits per heavy atom. The number of hydrogen-bond acceptors (Lipinski definition) is 2. The number of unbranched alkanes of at least 4 members (excludes halogenated alkanes) is 2. The SMILES string of the molecule is Cc1ccc(C(C)C)c(OCCCCCNC(C)(C)C)c1. The van der Waals surface area contributed by atoms with Crippen molar-refractivity contribution >= 4 is 0 Å². The van der Waals surface area contributed by atoms with Gasteiger partial charge in [0.05, 0.1) is 6.61 Å². The molecule has 0 heterocycles.